The molecule has 0 amide bonds. The zero-order chi connectivity index (χ0) is 26.0. The van der Waals surface area contributed by atoms with E-state index in [4.69, 9.17) is 0 Å². The van der Waals surface area contributed by atoms with Crippen LogP contribution >= 0.6 is 0 Å². The van der Waals surface area contributed by atoms with E-state index in [1.54, 1.807) is 0 Å². The first kappa shape index (κ1) is 32.1. The molecule has 0 aromatic carbocycles. The maximum atomic E-state index is 11.9. The molecule has 0 aliphatic heterocycles. The molecule has 0 radical (unpaired) electrons. The number of allylic oxidation sites excluding steroid dienone is 2. The lowest BCUT2D eigenvalue weighted by Crippen LogP contribution is -2.58. The molecule has 0 aromatic rings. The van der Waals surface area contributed by atoms with Gasteiger partial charge in [0.2, 0.25) is 0 Å². The number of unbranched alkanes of at least 4 members (excludes halogenated alkanes) is 6. The van der Waals surface area contributed by atoms with Crippen molar-refractivity contribution in [3.8, 4) is 0 Å². The molecule has 0 aromatic heterocycles. The number of hydrogen-bond acceptors (Lipinski definition) is 3. The van der Waals surface area contributed by atoms with Crippen LogP contribution in [0, 0.1) is 17.8 Å². The fraction of sp³-hybridized carbons (Fsp3) is 0.815. The highest BCUT2D eigenvalue weighted by Gasteiger charge is 2.40. The maximum Gasteiger partial charge on any atom is 0.312 e. The van der Waals surface area contributed by atoms with Crippen LogP contribution in [-0.4, -0.2) is 63.9 Å². The second-order valence-electron chi connectivity index (χ2n) is 9.76. The lowest BCUT2D eigenvalue weighted by Gasteiger charge is -2.43. The van der Waals surface area contributed by atoms with Crippen molar-refractivity contribution in [1.29, 1.82) is 0 Å². The Kier molecular flexibility index (Phi) is 17.4. The van der Waals surface area contributed by atoms with E-state index in [0.29, 0.717) is 25.8 Å². The summed E-state index contributed by atoms with van der Waals surface area (Å²) in [5, 5.41) is 29.2. The van der Waals surface area contributed by atoms with E-state index in [2.05, 4.69) is 19.1 Å². The molecule has 0 saturated carbocycles. The van der Waals surface area contributed by atoms with Gasteiger partial charge in [-0.15, -0.1) is 0 Å². The molecule has 7 nitrogen and oxygen atoms in total. The molecule has 3 atom stereocenters. The van der Waals surface area contributed by atoms with E-state index < -0.39 is 35.7 Å². The third-order valence-corrected chi connectivity index (χ3v) is 6.99. The van der Waals surface area contributed by atoms with Gasteiger partial charge in [0.1, 0.15) is 17.8 Å². The second kappa shape index (κ2) is 18.4. The average molecular weight is 485 g/mol. The Morgan fingerprint density at radius 1 is 0.618 bits per heavy atom. The maximum absolute atomic E-state index is 11.9. The van der Waals surface area contributed by atoms with Crippen LogP contribution in [0.15, 0.2) is 12.2 Å². The minimum Gasteiger partial charge on any atom is -0.481 e. The average Bonchev–Trinajstić information content (AvgIpc) is 2.79. The van der Waals surface area contributed by atoms with Gasteiger partial charge in [0.15, 0.2) is 0 Å². The first-order chi connectivity index (χ1) is 16.2. The Morgan fingerprint density at radius 2 is 1.00 bits per heavy atom. The number of rotatable bonds is 22. The molecule has 198 valence electrons. The van der Waals surface area contributed by atoms with Gasteiger partial charge < -0.3 is 19.8 Å². The highest BCUT2D eigenvalue weighted by Crippen LogP contribution is 2.25. The molecule has 7 heteroatoms. The number of carbonyl (C=O) groups is 3. The molecule has 0 rings (SSSR count). The van der Waals surface area contributed by atoms with Crippen molar-refractivity contribution in [2.75, 3.05) is 26.2 Å². The van der Waals surface area contributed by atoms with Crippen LogP contribution in [0.4, 0.5) is 0 Å². The zero-order valence-corrected chi connectivity index (χ0v) is 22.0. The van der Waals surface area contributed by atoms with Gasteiger partial charge in [-0.25, -0.2) is 0 Å². The molecule has 34 heavy (non-hydrogen) atoms. The summed E-state index contributed by atoms with van der Waals surface area (Å²) < 4.78 is 0.227. The Labute approximate surface area is 206 Å². The van der Waals surface area contributed by atoms with Crippen LogP contribution in [0.1, 0.15) is 98.3 Å². The van der Waals surface area contributed by atoms with Gasteiger partial charge >= 0.3 is 17.9 Å². The van der Waals surface area contributed by atoms with E-state index in [1.807, 2.05) is 20.8 Å². The monoisotopic (exact) mass is 484 g/mol. The second-order valence-corrected chi connectivity index (χ2v) is 9.76. The molecule has 3 unspecified atom stereocenters. The van der Waals surface area contributed by atoms with Gasteiger partial charge in [-0.3, -0.25) is 14.4 Å². The smallest absolute Gasteiger partial charge is 0.312 e. The van der Waals surface area contributed by atoms with Gasteiger partial charge in [-0.1, -0.05) is 65.5 Å². The summed E-state index contributed by atoms with van der Waals surface area (Å²) in [5.74, 6) is -4.59. The highest BCUT2D eigenvalue weighted by molar-refractivity contribution is 5.71. The Bertz CT molecular complexity index is 558. The Morgan fingerprint density at radius 3 is 1.35 bits per heavy atom. The first-order valence-corrected chi connectivity index (χ1v) is 13.3. The molecule has 0 aliphatic carbocycles. The number of quaternary nitrogens is 1. The molecular formula is C27H50NO6+. The van der Waals surface area contributed by atoms with Crippen LogP contribution in [0.2, 0.25) is 0 Å². The minimum absolute atomic E-state index is 0.227. The van der Waals surface area contributed by atoms with Crippen molar-refractivity contribution in [1.82, 2.24) is 0 Å². The highest BCUT2D eigenvalue weighted by atomic mass is 16.4. The van der Waals surface area contributed by atoms with E-state index in [0.717, 1.165) is 19.3 Å². The third-order valence-electron chi connectivity index (χ3n) is 6.99. The predicted molar refractivity (Wildman–Crippen MR) is 136 cm³/mol. The van der Waals surface area contributed by atoms with Crippen LogP contribution in [0.5, 0.6) is 0 Å². The van der Waals surface area contributed by atoms with Crippen LogP contribution in [0.25, 0.3) is 0 Å². The lowest BCUT2D eigenvalue weighted by atomic mass is 9.95. The zero-order valence-electron chi connectivity index (χ0n) is 22.0. The van der Waals surface area contributed by atoms with Gasteiger partial charge in [0, 0.05) is 6.42 Å². The number of hydrogen-bond donors (Lipinski definition) is 3. The summed E-state index contributed by atoms with van der Waals surface area (Å²) in [4.78, 5) is 35.6. The van der Waals surface area contributed by atoms with E-state index in [9.17, 15) is 29.7 Å². The molecule has 0 aliphatic rings. The Balaban J connectivity index is 5.54. The predicted octanol–water partition coefficient (Wildman–Crippen LogP) is 5.83. The molecule has 0 fully saturated rings. The molecule has 0 heterocycles. The summed E-state index contributed by atoms with van der Waals surface area (Å²) in [6.07, 6.45) is 14.5. The van der Waals surface area contributed by atoms with E-state index >= 15 is 0 Å². The van der Waals surface area contributed by atoms with Gasteiger partial charge in [-0.2, -0.15) is 0 Å². The summed E-state index contributed by atoms with van der Waals surface area (Å²) >= 11 is 0. The summed E-state index contributed by atoms with van der Waals surface area (Å²) in [6.45, 7) is 9.04. The number of carboxylic acid groups (broad SMARTS) is 3. The van der Waals surface area contributed by atoms with Crippen molar-refractivity contribution in [2.45, 2.75) is 98.3 Å². The van der Waals surface area contributed by atoms with Gasteiger partial charge in [-0.05, 0) is 38.5 Å². The fourth-order valence-corrected chi connectivity index (χ4v) is 4.69. The van der Waals surface area contributed by atoms with E-state index in [-0.39, 0.29) is 24.1 Å². The number of nitrogens with zero attached hydrogens (tertiary/aromatic N) is 1. The number of carboxylic acids is 3. The van der Waals surface area contributed by atoms with Gasteiger partial charge in [0.05, 0.1) is 26.2 Å². The first-order valence-electron chi connectivity index (χ1n) is 13.3. The van der Waals surface area contributed by atoms with Crippen LogP contribution < -0.4 is 0 Å². The summed E-state index contributed by atoms with van der Waals surface area (Å²) in [7, 11) is 0. The van der Waals surface area contributed by atoms with Crippen LogP contribution in [0.3, 0.4) is 0 Å². The molecule has 0 bridgehead atoms. The Hall–Kier alpha value is -1.89. The molecule has 3 N–H and O–H groups in total. The van der Waals surface area contributed by atoms with Crippen molar-refractivity contribution < 1.29 is 34.2 Å². The summed E-state index contributed by atoms with van der Waals surface area (Å²) in [5.41, 5.74) is 0. The third kappa shape index (κ3) is 13.1. The summed E-state index contributed by atoms with van der Waals surface area (Å²) in [6, 6.07) is 0. The minimum atomic E-state index is -0.903. The van der Waals surface area contributed by atoms with Crippen molar-refractivity contribution in [2.24, 2.45) is 17.8 Å². The quantitative estimate of drug-likeness (QED) is 0.101. The van der Waals surface area contributed by atoms with Crippen molar-refractivity contribution >= 4 is 17.9 Å². The normalized spacial score (nSPS) is 16.1. The van der Waals surface area contributed by atoms with E-state index in [1.165, 1.54) is 32.1 Å². The topological polar surface area (TPSA) is 112 Å². The fourth-order valence-electron chi connectivity index (χ4n) is 4.69. The standard InChI is InChI=1S/C27H49NO6/c1-5-9-10-11-12-13-14-15-16-17-18-28(19-22(6-2)25(29)30,20-23(7-3)26(31)32)21-24(8-4)27(33)34/h14-15,22-24H,5-13,16-21H2,1-4H3,(H2-,29,30,31,32,33,34)/p+1/b15-14+. The van der Waals surface area contributed by atoms with Crippen molar-refractivity contribution in [3.05, 3.63) is 12.2 Å². The SMILES string of the molecule is CCCCCCC/C=C/CCC[N+](CC(CC)C(=O)O)(CC(CC)C(=O)O)CC(CC)C(=O)O. The molecular weight excluding hydrogens is 434 g/mol. The lowest BCUT2D eigenvalue weighted by molar-refractivity contribution is -0.935. The van der Waals surface area contributed by atoms with Crippen LogP contribution in [-0.2, 0) is 14.4 Å². The molecule has 0 saturated heterocycles. The van der Waals surface area contributed by atoms with Gasteiger partial charge in [0.25, 0.3) is 0 Å². The van der Waals surface area contributed by atoms with Crippen molar-refractivity contribution in [3.63, 3.8) is 0 Å². The number of aliphatic carboxylic acids is 3. The molecule has 0 spiro atoms. The largest absolute Gasteiger partial charge is 0.481 e.